The van der Waals surface area contributed by atoms with Crippen LogP contribution < -0.4 is 0 Å². The Hall–Kier alpha value is -5.74. The first kappa shape index (κ1) is 51.2. The molecule has 66 heavy (non-hydrogen) atoms. The topological polar surface area (TPSA) is 63.1 Å². The molecule has 5 heteroatoms. The van der Waals surface area contributed by atoms with Crippen molar-refractivity contribution in [1.82, 2.24) is 9.97 Å². The molecule has 1 N–H and O–H groups in total. The molecule has 0 fully saturated rings. The number of carbonyl (C=O) groups excluding carboxylic acids is 1. The van der Waals surface area contributed by atoms with Crippen molar-refractivity contribution in [1.29, 1.82) is 0 Å². The van der Waals surface area contributed by atoms with Gasteiger partial charge in [0.2, 0.25) is 0 Å². The number of ketones is 1. The Balaban J connectivity index is 0.000000200. The van der Waals surface area contributed by atoms with Crippen LogP contribution in [-0.4, -0.2) is 20.9 Å². The van der Waals surface area contributed by atoms with Gasteiger partial charge in [-0.1, -0.05) is 176 Å². The van der Waals surface area contributed by atoms with Gasteiger partial charge in [0.25, 0.3) is 0 Å². The first-order chi connectivity index (χ1) is 30.4. The van der Waals surface area contributed by atoms with Gasteiger partial charge in [0.05, 0.1) is 0 Å². The Labute approximate surface area is 408 Å². The van der Waals surface area contributed by atoms with Crippen LogP contribution in [0.1, 0.15) is 105 Å². The molecule has 0 saturated heterocycles. The van der Waals surface area contributed by atoms with Crippen LogP contribution in [0.5, 0.6) is 0 Å². The second kappa shape index (κ2) is 20.4. The molecule has 0 aliphatic carbocycles. The molecule has 343 valence electrons. The molecule has 0 aliphatic heterocycles. The monoisotopic (exact) mass is 1050 g/mol. The Bertz CT molecular complexity index is 2990. The fraction of sp³-hybridized carbons (Fsp3) is 0.295. The number of aliphatic hydroxyl groups is 1. The van der Waals surface area contributed by atoms with Crippen molar-refractivity contribution in [3.63, 3.8) is 0 Å². The minimum absolute atomic E-state index is 0. The van der Waals surface area contributed by atoms with Crippen molar-refractivity contribution in [2.75, 3.05) is 0 Å². The summed E-state index contributed by atoms with van der Waals surface area (Å²) >= 11 is 0. The number of nitrogens with zero attached hydrogens (tertiary/aromatic N) is 2. The normalized spacial score (nSPS) is 12.2. The zero-order valence-electron chi connectivity index (χ0n) is 41.4. The van der Waals surface area contributed by atoms with Crippen LogP contribution in [0, 0.1) is 36.8 Å². The predicted octanol–water partition coefficient (Wildman–Crippen LogP) is 16.5. The van der Waals surface area contributed by atoms with Gasteiger partial charge in [-0.15, -0.1) is 70.3 Å². The summed E-state index contributed by atoms with van der Waals surface area (Å²) in [6, 6.07) is 50.0. The van der Waals surface area contributed by atoms with Crippen LogP contribution in [0.3, 0.4) is 0 Å². The van der Waals surface area contributed by atoms with Crippen molar-refractivity contribution in [3.8, 4) is 33.6 Å². The summed E-state index contributed by atoms with van der Waals surface area (Å²) < 4.78 is 0. The predicted molar refractivity (Wildman–Crippen MR) is 276 cm³/mol. The van der Waals surface area contributed by atoms with Crippen molar-refractivity contribution in [2.45, 2.75) is 108 Å². The fourth-order valence-electron chi connectivity index (χ4n) is 7.54. The molecule has 2 heterocycles. The van der Waals surface area contributed by atoms with E-state index in [1.165, 1.54) is 66.2 Å². The van der Waals surface area contributed by atoms with Gasteiger partial charge in [0.15, 0.2) is 5.78 Å². The number of fused-ring (bicyclic) bond motifs is 5. The fourth-order valence-corrected chi connectivity index (χ4v) is 7.54. The van der Waals surface area contributed by atoms with Gasteiger partial charge in [-0.05, 0) is 83.4 Å². The second-order valence-corrected chi connectivity index (χ2v) is 21.4. The van der Waals surface area contributed by atoms with Crippen LogP contribution in [0.15, 0.2) is 146 Å². The summed E-state index contributed by atoms with van der Waals surface area (Å²) in [5, 5.41) is 17.1. The number of aryl methyl sites for hydroxylation is 2. The quantitative estimate of drug-likeness (QED) is 0.0826. The van der Waals surface area contributed by atoms with Crippen LogP contribution >= 0.6 is 0 Å². The van der Waals surface area contributed by atoms with Crippen molar-refractivity contribution in [3.05, 3.63) is 180 Å². The van der Waals surface area contributed by atoms with E-state index in [-0.39, 0.29) is 47.9 Å². The van der Waals surface area contributed by atoms with Gasteiger partial charge in [-0.3, -0.25) is 4.79 Å². The third-order valence-corrected chi connectivity index (χ3v) is 11.6. The zero-order valence-corrected chi connectivity index (χ0v) is 43.8. The number of aliphatic hydroxyl groups excluding tert-OH is 1. The Morgan fingerprint density at radius 3 is 1.79 bits per heavy atom. The molecule has 8 aromatic rings. The van der Waals surface area contributed by atoms with Gasteiger partial charge in [0, 0.05) is 49.4 Å². The number of benzene rings is 6. The van der Waals surface area contributed by atoms with Gasteiger partial charge in [-0.2, -0.15) is 0 Å². The zero-order chi connectivity index (χ0) is 47.5. The summed E-state index contributed by atoms with van der Waals surface area (Å²) in [5.74, 6) is 0.104. The van der Waals surface area contributed by atoms with Crippen molar-refractivity contribution >= 4 is 38.1 Å². The van der Waals surface area contributed by atoms with Gasteiger partial charge in [0.1, 0.15) is 5.76 Å². The van der Waals surface area contributed by atoms with Crippen LogP contribution in [0.2, 0.25) is 0 Å². The molecule has 0 saturated carbocycles. The minimum Gasteiger partial charge on any atom is -0.512 e. The maximum absolute atomic E-state index is 11.5. The van der Waals surface area contributed by atoms with E-state index in [9.17, 15) is 9.90 Å². The molecule has 6 aromatic carbocycles. The van der Waals surface area contributed by atoms with E-state index >= 15 is 0 Å². The molecule has 1 radical (unpaired) electrons. The molecule has 0 aliphatic rings. The van der Waals surface area contributed by atoms with E-state index in [0.29, 0.717) is 0 Å². The smallest absolute Gasteiger partial charge is 0.164 e. The number of carbonyl (C=O) groups is 1. The number of rotatable bonds is 4. The van der Waals surface area contributed by atoms with Crippen LogP contribution in [0.4, 0.5) is 0 Å². The second-order valence-electron chi connectivity index (χ2n) is 21.4. The average molecular weight is 1050 g/mol. The summed E-state index contributed by atoms with van der Waals surface area (Å²) in [5.41, 5.74) is 11.0. The van der Waals surface area contributed by atoms with E-state index in [1.807, 2.05) is 66.1 Å². The maximum Gasteiger partial charge on any atom is 0.164 e. The first-order valence-electron chi connectivity index (χ1n) is 22.7. The van der Waals surface area contributed by atoms with Gasteiger partial charge < -0.3 is 15.1 Å². The number of allylic oxidation sites excluding steroid dienone is 2. The molecule has 4 nitrogen and oxygen atoms in total. The van der Waals surface area contributed by atoms with E-state index < -0.39 is 5.41 Å². The summed E-state index contributed by atoms with van der Waals surface area (Å²) in [6.07, 6.45) is 5.15. The van der Waals surface area contributed by atoms with E-state index in [4.69, 9.17) is 4.98 Å². The number of aromatic nitrogens is 2. The molecule has 8 rings (SSSR count). The van der Waals surface area contributed by atoms with Crippen molar-refractivity contribution in [2.24, 2.45) is 10.8 Å². The third kappa shape index (κ3) is 12.6. The van der Waals surface area contributed by atoms with E-state index in [0.717, 1.165) is 28.1 Å². The molecular weight excluding hydrogens is 985 g/mol. The van der Waals surface area contributed by atoms with Crippen LogP contribution in [0.25, 0.3) is 66.0 Å². The standard InChI is InChI=1S/C29H26N.C21H20N.C11H20O2.Ir/c1-18-14-19(2)16-21(15-18)28-27-11-10-24-23-9-7-22(29(3,4)5)17-20(23)6-8-25(24)26(27)12-13-30-28;1-21(2,3)19-12-13-22-20(15-19)18-11-7-10-17(14-18)16-8-5-4-6-9-16;1-10(2,3)8(12)7-9(13)11(4,5)6;/h6-15,17H,1-5H3;4-10,12-15H,1-3H3;7,12H,1-6H3;/q2*-1;;/b;;8-7-;. The number of hydrogen-bond acceptors (Lipinski definition) is 4. The maximum atomic E-state index is 11.5. The summed E-state index contributed by atoms with van der Waals surface area (Å²) in [7, 11) is 0. The molecule has 0 unspecified atom stereocenters. The molecule has 0 amide bonds. The van der Waals surface area contributed by atoms with Crippen LogP contribution in [-0.2, 0) is 35.7 Å². The van der Waals surface area contributed by atoms with E-state index in [1.54, 1.807) is 0 Å². The number of pyridine rings is 2. The van der Waals surface area contributed by atoms with Crippen molar-refractivity contribution < 1.29 is 30.0 Å². The average Bonchev–Trinajstić information content (AvgIpc) is 3.25. The largest absolute Gasteiger partial charge is 0.512 e. The third-order valence-electron chi connectivity index (χ3n) is 11.6. The summed E-state index contributed by atoms with van der Waals surface area (Å²) in [6.45, 7) is 28.8. The number of hydrogen-bond donors (Lipinski definition) is 1. The SMILES string of the molecule is CC(C)(C)C(=O)/C=C(\O)C(C)(C)C.CC(C)(C)c1ccnc(-c2[c-]ccc(-c3ccccc3)c2)c1.Cc1[c-]c(-c2nccc3c2ccc2c4ccc(C(C)(C)C)cc4ccc32)cc(C)c1.[Ir]. The minimum atomic E-state index is -0.417. The van der Waals surface area contributed by atoms with Gasteiger partial charge >= 0.3 is 0 Å². The molecule has 0 bridgehead atoms. The molecular formula is C61H66IrN2O2-2. The molecule has 2 aromatic heterocycles. The molecule has 0 atom stereocenters. The van der Waals surface area contributed by atoms with Gasteiger partial charge in [-0.25, -0.2) is 0 Å². The Morgan fingerprint density at radius 2 is 1.15 bits per heavy atom. The molecule has 0 spiro atoms. The Kier molecular flexibility index (Phi) is 15.9. The van der Waals surface area contributed by atoms with E-state index in [2.05, 4.69) is 182 Å². The summed E-state index contributed by atoms with van der Waals surface area (Å²) in [4.78, 5) is 20.7. The Morgan fingerprint density at radius 1 is 0.561 bits per heavy atom. The first-order valence-corrected chi connectivity index (χ1v) is 22.7.